The summed E-state index contributed by atoms with van der Waals surface area (Å²) in [4.78, 5) is 29.5. The second kappa shape index (κ2) is 5.92. The number of rotatable bonds is 5. The van der Waals surface area contributed by atoms with E-state index in [1.165, 1.54) is 14.0 Å². The molecule has 0 N–H and O–H groups in total. The molecule has 9 nitrogen and oxygen atoms in total. The van der Waals surface area contributed by atoms with Crippen LogP contribution in [0.3, 0.4) is 0 Å². The molecule has 0 radical (unpaired) electrons. The van der Waals surface area contributed by atoms with Gasteiger partial charge in [-0.3, -0.25) is 10.1 Å². The second-order valence-electron chi connectivity index (χ2n) is 3.79. The molecule has 0 saturated carbocycles. The van der Waals surface area contributed by atoms with E-state index in [9.17, 15) is 20.2 Å². The fourth-order valence-electron chi connectivity index (χ4n) is 1.51. The fourth-order valence-corrected chi connectivity index (χ4v) is 1.51. The van der Waals surface area contributed by atoms with E-state index in [0.717, 1.165) is 6.33 Å². The Bertz CT molecular complexity index is 583. The average Bonchev–Trinajstić information content (AvgIpc) is 2.45. The molecule has 0 aliphatic heterocycles. The molecule has 1 aromatic heterocycles. The van der Waals surface area contributed by atoms with Crippen LogP contribution in [-0.4, -0.2) is 34.6 Å². The van der Waals surface area contributed by atoms with Crippen molar-refractivity contribution in [3.05, 3.63) is 22.1 Å². The minimum atomic E-state index is -1.92. The first-order valence-electron chi connectivity index (χ1n) is 5.54. The maximum atomic E-state index is 11.9. The summed E-state index contributed by atoms with van der Waals surface area (Å²) in [6.07, 6.45) is 0.982. The highest BCUT2D eigenvalue weighted by molar-refractivity contribution is 5.87. The normalized spacial score (nSPS) is 12.9. The van der Waals surface area contributed by atoms with Crippen molar-refractivity contribution in [1.82, 2.24) is 9.97 Å². The first-order valence-corrected chi connectivity index (χ1v) is 5.54. The van der Waals surface area contributed by atoms with E-state index in [1.54, 1.807) is 13.0 Å². The van der Waals surface area contributed by atoms with Gasteiger partial charge in [-0.2, -0.15) is 10.2 Å². The number of nitro groups is 1. The van der Waals surface area contributed by atoms with Gasteiger partial charge in [-0.15, -0.1) is 0 Å². The maximum absolute atomic E-state index is 11.9. The van der Waals surface area contributed by atoms with Crippen molar-refractivity contribution in [3.63, 3.8) is 0 Å². The molecule has 0 bridgehead atoms. The van der Waals surface area contributed by atoms with Gasteiger partial charge in [0.2, 0.25) is 5.41 Å². The highest BCUT2D eigenvalue weighted by Gasteiger charge is 2.46. The summed E-state index contributed by atoms with van der Waals surface area (Å²) in [7, 11) is 1.19. The summed E-state index contributed by atoms with van der Waals surface area (Å²) >= 11 is 0. The molecule has 1 atom stereocenters. The van der Waals surface area contributed by atoms with Crippen molar-refractivity contribution in [2.24, 2.45) is 0 Å². The molecule has 1 unspecified atom stereocenters. The largest absolute Gasteiger partial charge is 0.476 e. The summed E-state index contributed by atoms with van der Waals surface area (Å²) in [6.45, 7) is 2.79. The zero-order valence-corrected chi connectivity index (χ0v) is 11.1. The Morgan fingerprint density at radius 3 is 2.70 bits per heavy atom. The summed E-state index contributed by atoms with van der Waals surface area (Å²) in [6, 6.07) is 1.70. The molecular formula is C11H12N4O5. The molecule has 0 aliphatic carbocycles. The van der Waals surface area contributed by atoms with Crippen LogP contribution in [0.25, 0.3) is 0 Å². The van der Waals surface area contributed by atoms with Gasteiger partial charge in [0.25, 0.3) is 5.88 Å². The molecule has 0 amide bonds. The zero-order valence-electron chi connectivity index (χ0n) is 11.1. The summed E-state index contributed by atoms with van der Waals surface area (Å²) in [5.41, 5.74) is -2.92. The van der Waals surface area contributed by atoms with Gasteiger partial charge in [0, 0.05) is 0 Å². The minimum absolute atomic E-state index is 0.0338. The van der Waals surface area contributed by atoms with Crippen molar-refractivity contribution in [2.75, 3.05) is 13.7 Å². The summed E-state index contributed by atoms with van der Waals surface area (Å²) in [5, 5.41) is 20.4. The average molecular weight is 280 g/mol. The van der Waals surface area contributed by atoms with Crippen molar-refractivity contribution >= 4 is 11.7 Å². The molecule has 0 spiro atoms. The third-order valence-electron chi connectivity index (χ3n) is 2.55. The van der Waals surface area contributed by atoms with Crippen LogP contribution in [0.1, 0.15) is 19.5 Å². The molecule has 0 fully saturated rings. The number of ether oxygens (including phenoxy) is 2. The van der Waals surface area contributed by atoms with Crippen LogP contribution >= 0.6 is 0 Å². The quantitative estimate of drug-likeness (QED) is 0.438. The van der Waals surface area contributed by atoms with Gasteiger partial charge < -0.3 is 9.47 Å². The highest BCUT2D eigenvalue weighted by Crippen LogP contribution is 2.35. The SMILES string of the molecule is CCOC(=O)C(C)(C#N)c1ncnc(OC)c1[N+](=O)[O-]. The Morgan fingerprint density at radius 1 is 1.60 bits per heavy atom. The molecule has 20 heavy (non-hydrogen) atoms. The topological polar surface area (TPSA) is 128 Å². The second-order valence-corrected chi connectivity index (χ2v) is 3.79. The fraction of sp³-hybridized carbons (Fsp3) is 0.455. The van der Waals surface area contributed by atoms with Crippen molar-refractivity contribution in [1.29, 1.82) is 5.26 Å². The number of esters is 1. The predicted octanol–water partition coefficient (Wildman–Crippen LogP) is 0.738. The standard InChI is InChI=1S/C11H12N4O5/c1-4-20-10(16)11(2,5-12)8-7(15(17)18)9(19-3)14-6-13-8/h6H,4H2,1-3H3. The zero-order chi connectivity index (χ0) is 15.3. The number of nitriles is 1. The van der Waals surface area contributed by atoms with Crippen LogP contribution in [0.5, 0.6) is 5.88 Å². The lowest BCUT2D eigenvalue weighted by Crippen LogP contribution is -2.34. The number of aromatic nitrogens is 2. The number of carbonyl (C=O) groups is 1. The van der Waals surface area contributed by atoms with Gasteiger partial charge in [0.05, 0.1) is 24.7 Å². The summed E-state index contributed by atoms with van der Waals surface area (Å²) < 4.78 is 9.55. The van der Waals surface area contributed by atoms with Crippen LogP contribution in [-0.2, 0) is 14.9 Å². The number of hydrogen-bond acceptors (Lipinski definition) is 8. The lowest BCUT2D eigenvalue weighted by atomic mass is 9.87. The van der Waals surface area contributed by atoms with Crippen LogP contribution in [0.2, 0.25) is 0 Å². The molecule has 1 rings (SSSR count). The Hall–Kier alpha value is -2.76. The van der Waals surface area contributed by atoms with E-state index in [-0.39, 0.29) is 18.2 Å². The first-order chi connectivity index (χ1) is 9.42. The van der Waals surface area contributed by atoms with E-state index in [0.29, 0.717) is 0 Å². The number of carbonyl (C=O) groups excluding carboxylic acids is 1. The number of nitrogens with zero attached hydrogens (tertiary/aromatic N) is 4. The van der Waals surface area contributed by atoms with E-state index in [4.69, 9.17) is 9.47 Å². The minimum Gasteiger partial charge on any atom is -0.476 e. The lowest BCUT2D eigenvalue weighted by Gasteiger charge is -2.18. The molecule has 0 saturated heterocycles. The first kappa shape index (κ1) is 15.3. The predicted molar refractivity (Wildman–Crippen MR) is 64.8 cm³/mol. The van der Waals surface area contributed by atoms with Gasteiger partial charge >= 0.3 is 11.7 Å². The Balaban J connectivity index is 3.55. The van der Waals surface area contributed by atoms with Gasteiger partial charge in [-0.1, -0.05) is 0 Å². The van der Waals surface area contributed by atoms with Gasteiger partial charge in [0.1, 0.15) is 6.33 Å². The monoisotopic (exact) mass is 280 g/mol. The number of methoxy groups -OCH3 is 1. The van der Waals surface area contributed by atoms with Gasteiger partial charge in [0.15, 0.2) is 5.69 Å². The third kappa shape index (κ3) is 2.49. The van der Waals surface area contributed by atoms with E-state index in [1.807, 2.05) is 0 Å². The molecule has 9 heteroatoms. The van der Waals surface area contributed by atoms with Crippen molar-refractivity contribution in [3.8, 4) is 11.9 Å². The van der Waals surface area contributed by atoms with Gasteiger partial charge in [-0.05, 0) is 13.8 Å². The Kier molecular flexibility index (Phi) is 4.53. The lowest BCUT2D eigenvalue weighted by molar-refractivity contribution is -0.387. The molecule has 1 heterocycles. The van der Waals surface area contributed by atoms with E-state index < -0.39 is 22.0 Å². The van der Waals surface area contributed by atoms with Crippen LogP contribution in [0, 0.1) is 21.4 Å². The third-order valence-corrected chi connectivity index (χ3v) is 2.55. The van der Waals surface area contributed by atoms with E-state index >= 15 is 0 Å². The van der Waals surface area contributed by atoms with Crippen LogP contribution in [0.15, 0.2) is 6.33 Å². The molecular weight excluding hydrogens is 268 g/mol. The van der Waals surface area contributed by atoms with Crippen molar-refractivity contribution in [2.45, 2.75) is 19.3 Å². The Labute approximate surface area is 114 Å². The van der Waals surface area contributed by atoms with Gasteiger partial charge in [-0.25, -0.2) is 9.78 Å². The molecule has 0 aromatic carbocycles. The molecule has 106 valence electrons. The maximum Gasteiger partial charge on any atom is 0.354 e. The van der Waals surface area contributed by atoms with Crippen molar-refractivity contribution < 1.29 is 19.2 Å². The molecule has 1 aromatic rings. The number of hydrogen-bond donors (Lipinski definition) is 0. The summed E-state index contributed by atoms with van der Waals surface area (Å²) in [5.74, 6) is -1.25. The Morgan fingerprint density at radius 2 is 2.25 bits per heavy atom. The van der Waals surface area contributed by atoms with E-state index in [2.05, 4.69) is 9.97 Å². The highest BCUT2D eigenvalue weighted by atomic mass is 16.6. The molecule has 0 aliphatic rings. The van der Waals surface area contributed by atoms with Crippen LogP contribution in [0.4, 0.5) is 5.69 Å². The smallest absolute Gasteiger partial charge is 0.354 e. The van der Waals surface area contributed by atoms with Crippen LogP contribution < -0.4 is 4.74 Å².